The number of aromatic nitrogens is 2. The fourth-order valence-electron chi connectivity index (χ4n) is 2.28. The molecule has 0 unspecified atom stereocenters. The Labute approximate surface area is 166 Å². The molecule has 3 rings (SSSR count). The molecule has 6 nitrogen and oxygen atoms in total. The molecule has 140 valence electrons. The van der Waals surface area contributed by atoms with Crippen molar-refractivity contribution in [2.45, 2.75) is 23.4 Å². The van der Waals surface area contributed by atoms with Crippen LogP contribution in [0, 0.1) is 6.92 Å². The SMILES string of the molecule is COc1ccc(NC(=O)[C@H](C)Sc2nnc(Nc3cccc(C)c3)s2)cc1. The lowest BCUT2D eigenvalue weighted by Crippen LogP contribution is -2.22. The van der Waals surface area contributed by atoms with Crippen molar-refractivity contribution in [3.05, 3.63) is 54.1 Å². The Balaban J connectivity index is 1.56. The highest BCUT2D eigenvalue weighted by Crippen LogP contribution is 2.31. The minimum absolute atomic E-state index is 0.0893. The lowest BCUT2D eigenvalue weighted by atomic mass is 10.2. The molecule has 0 aliphatic rings. The number of nitrogens with zero attached hydrogens (tertiary/aromatic N) is 2. The van der Waals surface area contributed by atoms with Crippen LogP contribution in [0.2, 0.25) is 0 Å². The number of aryl methyl sites for hydroxylation is 1. The van der Waals surface area contributed by atoms with Crippen LogP contribution in [-0.4, -0.2) is 28.5 Å². The molecule has 2 N–H and O–H groups in total. The molecular weight excluding hydrogens is 380 g/mol. The molecule has 1 heterocycles. The molecule has 0 radical (unpaired) electrons. The lowest BCUT2D eigenvalue weighted by Gasteiger charge is -2.10. The number of ether oxygens (including phenoxy) is 1. The van der Waals surface area contributed by atoms with Crippen LogP contribution in [0.5, 0.6) is 5.75 Å². The summed E-state index contributed by atoms with van der Waals surface area (Å²) < 4.78 is 5.85. The Morgan fingerprint density at radius 2 is 1.93 bits per heavy atom. The minimum Gasteiger partial charge on any atom is -0.497 e. The summed E-state index contributed by atoms with van der Waals surface area (Å²) in [5, 5.41) is 14.8. The van der Waals surface area contributed by atoms with Gasteiger partial charge in [-0.25, -0.2) is 0 Å². The number of hydrogen-bond acceptors (Lipinski definition) is 7. The number of anilines is 3. The van der Waals surface area contributed by atoms with E-state index in [0.29, 0.717) is 5.13 Å². The maximum atomic E-state index is 12.4. The first-order chi connectivity index (χ1) is 13.0. The van der Waals surface area contributed by atoms with Crippen molar-refractivity contribution < 1.29 is 9.53 Å². The second-order valence-corrected chi connectivity index (χ2v) is 8.41. The zero-order valence-electron chi connectivity index (χ0n) is 15.2. The van der Waals surface area contributed by atoms with Gasteiger partial charge in [-0.05, 0) is 55.8 Å². The third-order valence-corrected chi connectivity index (χ3v) is 5.70. The summed E-state index contributed by atoms with van der Waals surface area (Å²) in [6, 6.07) is 15.3. The van der Waals surface area contributed by atoms with E-state index < -0.39 is 0 Å². The second kappa shape index (κ2) is 8.88. The van der Waals surface area contributed by atoms with Gasteiger partial charge < -0.3 is 15.4 Å². The first-order valence-electron chi connectivity index (χ1n) is 8.32. The Hall–Kier alpha value is -2.58. The van der Waals surface area contributed by atoms with Crippen molar-refractivity contribution >= 4 is 45.5 Å². The normalized spacial score (nSPS) is 11.7. The molecule has 2 aromatic carbocycles. The topological polar surface area (TPSA) is 76.1 Å². The number of amides is 1. The van der Waals surface area contributed by atoms with Crippen LogP contribution in [0.15, 0.2) is 52.9 Å². The van der Waals surface area contributed by atoms with Crippen molar-refractivity contribution in [2.75, 3.05) is 17.7 Å². The Kier molecular flexibility index (Phi) is 6.31. The van der Waals surface area contributed by atoms with Crippen molar-refractivity contribution in [3.8, 4) is 5.75 Å². The second-order valence-electron chi connectivity index (χ2n) is 5.85. The van der Waals surface area contributed by atoms with Gasteiger partial charge in [0.15, 0.2) is 4.34 Å². The van der Waals surface area contributed by atoms with Crippen LogP contribution in [0.1, 0.15) is 12.5 Å². The van der Waals surface area contributed by atoms with E-state index >= 15 is 0 Å². The summed E-state index contributed by atoms with van der Waals surface area (Å²) in [6.07, 6.45) is 0. The number of benzene rings is 2. The standard InChI is InChI=1S/C19H20N4O2S2/c1-12-5-4-6-15(11-12)21-18-22-23-19(27-18)26-13(2)17(24)20-14-7-9-16(25-3)10-8-14/h4-11,13H,1-3H3,(H,20,24)(H,21,22)/t13-/m0/s1. The summed E-state index contributed by atoms with van der Waals surface area (Å²) in [5.41, 5.74) is 2.86. The largest absolute Gasteiger partial charge is 0.497 e. The van der Waals surface area contributed by atoms with Gasteiger partial charge in [0.2, 0.25) is 11.0 Å². The van der Waals surface area contributed by atoms with Gasteiger partial charge in [-0.1, -0.05) is 35.2 Å². The lowest BCUT2D eigenvalue weighted by molar-refractivity contribution is -0.115. The average Bonchev–Trinajstić information content (AvgIpc) is 3.09. The predicted molar refractivity (Wildman–Crippen MR) is 111 cm³/mol. The van der Waals surface area contributed by atoms with E-state index in [2.05, 4.69) is 20.8 Å². The summed E-state index contributed by atoms with van der Waals surface area (Å²) >= 11 is 2.80. The molecular formula is C19H20N4O2S2. The smallest absolute Gasteiger partial charge is 0.237 e. The van der Waals surface area contributed by atoms with Crippen LogP contribution in [0.25, 0.3) is 0 Å². The van der Waals surface area contributed by atoms with Crippen LogP contribution in [0.3, 0.4) is 0 Å². The van der Waals surface area contributed by atoms with Gasteiger partial charge in [0.25, 0.3) is 0 Å². The van der Waals surface area contributed by atoms with E-state index in [0.717, 1.165) is 21.5 Å². The summed E-state index contributed by atoms with van der Waals surface area (Å²) in [4.78, 5) is 12.4. The van der Waals surface area contributed by atoms with E-state index in [9.17, 15) is 4.79 Å². The minimum atomic E-state index is -0.299. The third kappa shape index (κ3) is 5.45. The van der Waals surface area contributed by atoms with Gasteiger partial charge in [-0.2, -0.15) is 0 Å². The number of carbonyl (C=O) groups excluding carboxylic acids is 1. The molecule has 0 saturated carbocycles. The van der Waals surface area contributed by atoms with Gasteiger partial charge in [0.05, 0.1) is 12.4 Å². The number of nitrogens with one attached hydrogen (secondary N) is 2. The van der Waals surface area contributed by atoms with Crippen LogP contribution >= 0.6 is 23.1 Å². The first-order valence-corrected chi connectivity index (χ1v) is 10.0. The van der Waals surface area contributed by atoms with Crippen molar-refractivity contribution in [1.29, 1.82) is 0 Å². The fourth-order valence-corrected chi connectivity index (χ4v) is 4.19. The number of thioether (sulfide) groups is 1. The molecule has 8 heteroatoms. The molecule has 0 spiro atoms. The molecule has 0 bridgehead atoms. The van der Waals surface area contributed by atoms with E-state index in [1.54, 1.807) is 19.2 Å². The summed E-state index contributed by atoms with van der Waals surface area (Å²) in [7, 11) is 1.61. The van der Waals surface area contributed by atoms with Crippen LogP contribution < -0.4 is 15.4 Å². The zero-order valence-corrected chi connectivity index (χ0v) is 16.9. The number of hydrogen-bond donors (Lipinski definition) is 2. The Morgan fingerprint density at radius 1 is 1.15 bits per heavy atom. The highest BCUT2D eigenvalue weighted by Gasteiger charge is 2.17. The van der Waals surface area contributed by atoms with Gasteiger partial charge in [-0.3, -0.25) is 4.79 Å². The van der Waals surface area contributed by atoms with Crippen molar-refractivity contribution in [3.63, 3.8) is 0 Å². The quantitative estimate of drug-likeness (QED) is 0.559. The number of methoxy groups -OCH3 is 1. The van der Waals surface area contributed by atoms with Gasteiger partial charge >= 0.3 is 0 Å². The highest BCUT2D eigenvalue weighted by molar-refractivity contribution is 8.02. The van der Waals surface area contributed by atoms with Crippen LogP contribution in [0.4, 0.5) is 16.5 Å². The van der Waals surface area contributed by atoms with Gasteiger partial charge in [0, 0.05) is 11.4 Å². The maximum Gasteiger partial charge on any atom is 0.237 e. The molecule has 1 aromatic heterocycles. The van der Waals surface area contributed by atoms with Gasteiger partial charge in [0.1, 0.15) is 5.75 Å². The summed E-state index contributed by atoms with van der Waals surface area (Å²) in [6.45, 7) is 3.88. The van der Waals surface area contributed by atoms with E-state index in [-0.39, 0.29) is 11.2 Å². The average molecular weight is 401 g/mol. The van der Waals surface area contributed by atoms with E-state index in [1.165, 1.54) is 28.7 Å². The fraction of sp³-hybridized carbons (Fsp3) is 0.211. The third-order valence-electron chi connectivity index (χ3n) is 3.68. The number of carbonyl (C=O) groups is 1. The molecule has 1 atom stereocenters. The first kappa shape index (κ1) is 19.2. The molecule has 0 aliphatic carbocycles. The van der Waals surface area contributed by atoms with E-state index in [4.69, 9.17) is 4.74 Å². The maximum absolute atomic E-state index is 12.4. The molecule has 0 aliphatic heterocycles. The summed E-state index contributed by atoms with van der Waals surface area (Å²) in [5.74, 6) is 0.659. The molecule has 1 amide bonds. The Morgan fingerprint density at radius 3 is 2.63 bits per heavy atom. The predicted octanol–water partition coefficient (Wildman–Crippen LogP) is 4.72. The van der Waals surface area contributed by atoms with Gasteiger partial charge in [-0.15, -0.1) is 10.2 Å². The number of rotatable bonds is 7. The molecule has 0 fully saturated rings. The van der Waals surface area contributed by atoms with Crippen molar-refractivity contribution in [2.24, 2.45) is 0 Å². The molecule has 27 heavy (non-hydrogen) atoms. The highest BCUT2D eigenvalue weighted by atomic mass is 32.2. The van der Waals surface area contributed by atoms with Crippen LogP contribution in [-0.2, 0) is 4.79 Å². The van der Waals surface area contributed by atoms with E-state index in [1.807, 2.05) is 50.2 Å². The molecule has 0 saturated heterocycles. The Bertz CT molecular complexity index is 912. The van der Waals surface area contributed by atoms with Crippen molar-refractivity contribution in [1.82, 2.24) is 10.2 Å². The monoisotopic (exact) mass is 400 g/mol. The molecule has 3 aromatic rings. The zero-order chi connectivity index (χ0) is 19.2.